The quantitative estimate of drug-likeness (QED) is 0.554. The van der Waals surface area contributed by atoms with E-state index < -0.39 is 5.91 Å². The number of fused-ring (bicyclic) bond motifs is 5. The van der Waals surface area contributed by atoms with Crippen LogP contribution in [0, 0.1) is 5.41 Å². The maximum Gasteiger partial charge on any atom is 0.248 e. The molecule has 1 aliphatic heterocycles. The average Bonchev–Trinajstić information content (AvgIpc) is 3.20. The molecule has 0 atom stereocenters. The summed E-state index contributed by atoms with van der Waals surface area (Å²) >= 11 is 0. The molecule has 0 bridgehead atoms. The second kappa shape index (κ2) is 5.87. The number of hydrogen-bond donors (Lipinski definition) is 2. The molecule has 4 aromatic rings. The van der Waals surface area contributed by atoms with E-state index in [1.54, 1.807) is 12.1 Å². The lowest BCUT2D eigenvalue weighted by Crippen LogP contribution is -2.46. The molecule has 2 aliphatic rings. The number of aromatic amines is 1. The third kappa shape index (κ3) is 2.42. The van der Waals surface area contributed by atoms with Gasteiger partial charge in [-0.1, -0.05) is 12.1 Å². The Labute approximate surface area is 167 Å². The molecule has 6 nitrogen and oxygen atoms in total. The number of ether oxygens (including phenoxy) is 1. The van der Waals surface area contributed by atoms with Gasteiger partial charge in [-0.3, -0.25) is 9.89 Å². The third-order valence-electron chi connectivity index (χ3n) is 6.50. The van der Waals surface area contributed by atoms with E-state index in [1.807, 2.05) is 24.4 Å². The van der Waals surface area contributed by atoms with Crippen LogP contribution in [0.25, 0.3) is 33.1 Å². The fraction of sp³-hybridized carbons (Fsp3) is 0.261. The summed E-state index contributed by atoms with van der Waals surface area (Å²) in [6, 6.07) is 11.6. The molecule has 0 unspecified atom stereocenters. The highest BCUT2D eigenvalue weighted by Gasteiger charge is 2.42. The summed E-state index contributed by atoms with van der Waals surface area (Å²) < 4.78 is 5.58. The van der Waals surface area contributed by atoms with Crippen LogP contribution in [0.3, 0.4) is 0 Å². The van der Waals surface area contributed by atoms with Crippen LogP contribution in [0.5, 0.6) is 0 Å². The van der Waals surface area contributed by atoms with Crippen molar-refractivity contribution in [2.24, 2.45) is 11.1 Å². The van der Waals surface area contributed by atoms with Gasteiger partial charge in [-0.15, -0.1) is 0 Å². The number of benzene rings is 2. The zero-order valence-corrected chi connectivity index (χ0v) is 15.9. The molecule has 1 aliphatic carbocycles. The Morgan fingerprint density at radius 3 is 2.66 bits per heavy atom. The van der Waals surface area contributed by atoms with Gasteiger partial charge in [-0.2, -0.15) is 5.10 Å². The second-order valence-corrected chi connectivity index (χ2v) is 8.32. The molecular weight excluding hydrogens is 364 g/mol. The molecule has 1 amide bonds. The Kier molecular flexibility index (Phi) is 3.38. The summed E-state index contributed by atoms with van der Waals surface area (Å²) in [5.74, 6) is -0.419. The molecule has 6 heteroatoms. The molecule has 0 saturated carbocycles. The van der Waals surface area contributed by atoms with Gasteiger partial charge in [0.2, 0.25) is 5.91 Å². The number of H-pyrrole nitrogens is 1. The van der Waals surface area contributed by atoms with Gasteiger partial charge in [0.05, 0.1) is 36.1 Å². The van der Waals surface area contributed by atoms with E-state index in [0.29, 0.717) is 5.56 Å². The smallest absolute Gasteiger partial charge is 0.248 e. The maximum atomic E-state index is 11.5. The molecular formula is C23H20N4O2. The van der Waals surface area contributed by atoms with E-state index in [-0.39, 0.29) is 5.41 Å². The highest BCUT2D eigenvalue weighted by molar-refractivity contribution is 6.07. The highest BCUT2D eigenvalue weighted by Crippen LogP contribution is 2.46. The van der Waals surface area contributed by atoms with E-state index in [9.17, 15) is 4.79 Å². The number of pyridine rings is 1. The monoisotopic (exact) mass is 384 g/mol. The predicted octanol–water partition coefficient (Wildman–Crippen LogP) is 3.38. The Hall–Kier alpha value is -3.25. The number of amides is 1. The number of aryl methyl sites for hydroxylation is 1. The number of carbonyl (C=O) groups is 1. The molecule has 2 aromatic carbocycles. The van der Waals surface area contributed by atoms with Crippen LogP contribution in [0.15, 0.2) is 42.6 Å². The van der Waals surface area contributed by atoms with E-state index in [0.717, 1.165) is 60.2 Å². The van der Waals surface area contributed by atoms with Crippen LogP contribution >= 0.6 is 0 Å². The first-order valence-corrected chi connectivity index (χ1v) is 9.89. The molecule has 3 heterocycles. The Balaban J connectivity index is 1.62. The molecule has 3 N–H and O–H groups in total. The van der Waals surface area contributed by atoms with Gasteiger partial charge < -0.3 is 10.5 Å². The van der Waals surface area contributed by atoms with Crippen molar-refractivity contribution in [3.05, 3.63) is 59.3 Å². The number of aromatic nitrogens is 3. The minimum atomic E-state index is -0.419. The Morgan fingerprint density at radius 2 is 1.93 bits per heavy atom. The SMILES string of the molecule is NC(=O)c1ccc(-c2nc3ccc4[nH]ncc4c3c3c2CC2(CC3)COC2)cc1. The topological polar surface area (TPSA) is 93.9 Å². The fourth-order valence-corrected chi connectivity index (χ4v) is 4.89. The zero-order chi connectivity index (χ0) is 19.6. The number of carbonyl (C=O) groups excluding carboxylic acids is 1. The van der Waals surface area contributed by atoms with E-state index in [1.165, 1.54) is 16.5 Å². The molecule has 1 fully saturated rings. The number of nitrogens with two attached hydrogens (primary N) is 1. The largest absolute Gasteiger partial charge is 0.380 e. The van der Waals surface area contributed by atoms with Crippen LogP contribution in [0.2, 0.25) is 0 Å². The van der Waals surface area contributed by atoms with Crippen molar-refractivity contribution in [3.63, 3.8) is 0 Å². The Morgan fingerprint density at radius 1 is 1.10 bits per heavy atom. The van der Waals surface area contributed by atoms with Crippen LogP contribution in [-0.4, -0.2) is 34.3 Å². The van der Waals surface area contributed by atoms with E-state index >= 15 is 0 Å². The summed E-state index contributed by atoms with van der Waals surface area (Å²) in [6.45, 7) is 1.64. The number of rotatable bonds is 2. The van der Waals surface area contributed by atoms with Crippen molar-refractivity contribution in [3.8, 4) is 11.3 Å². The predicted molar refractivity (Wildman–Crippen MR) is 111 cm³/mol. The van der Waals surface area contributed by atoms with Crippen molar-refractivity contribution in [1.29, 1.82) is 0 Å². The zero-order valence-electron chi connectivity index (χ0n) is 15.9. The van der Waals surface area contributed by atoms with Crippen molar-refractivity contribution >= 4 is 27.7 Å². The summed E-state index contributed by atoms with van der Waals surface area (Å²) in [7, 11) is 0. The average molecular weight is 384 g/mol. The first-order valence-electron chi connectivity index (χ1n) is 9.89. The number of primary amides is 1. The lowest BCUT2D eigenvalue weighted by Gasteiger charge is -2.45. The van der Waals surface area contributed by atoms with Crippen molar-refractivity contribution in [1.82, 2.24) is 15.2 Å². The van der Waals surface area contributed by atoms with Crippen LogP contribution in [-0.2, 0) is 17.6 Å². The normalized spacial score (nSPS) is 17.4. The van der Waals surface area contributed by atoms with Gasteiger partial charge in [0.1, 0.15) is 0 Å². The fourth-order valence-electron chi connectivity index (χ4n) is 4.89. The first kappa shape index (κ1) is 16.7. The van der Waals surface area contributed by atoms with Crippen LogP contribution in [0.4, 0.5) is 0 Å². The Bertz CT molecular complexity index is 1290. The van der Waals surface area contributed by atoms with Gasteiger partial charge in [0.25, 0.3) is 0 Å². The molecule has 2 aromatic heterocycles. The number of hydrogen-bond acceptors (Lipinski definition) is 4. The molecule has 6 rings (SSSR count). The van der Waals surface area contributed by atoms with Crippen molar-refractivity contribution in [2.45, 2.75) is 19.3 Å². The van der Waals surface area contributed by atoms with Gasteiger partial charge in [-0.05, 0) is 54.7 Å². The van der Waals surface area contributed by atoms with Crippen LogP contribution < -0.4 is 5.73 Å². The maximum absolute atomic E-state index is 11.5. The van der Waals surface area contributed by atoms with Gasteiger partial charge in [0, 0.05) is 27.3 Å². The molecule has 144 valence electrons. The summed E-state index contributed by atoms with van der Waals surface area (Å²) in [5, 5.41) is 9.66. The standard InChI is InChI=1S/C23H20N4O2/c24-22(28)14-3-1-13(2-4-14)21-16-9-23(11-29-12-23)8-7-15(16)20-17-10-25-27-18(17)5-6-19(20)26-21/h1-6,10H,7-9,11-12H2,(H2,24,28)(H,25,27). The van der Waals surface area contributed by atoms with E-state index in [4.69, 9.17) is 15.5 Å². The second-order valence-electron chi connectivity index (χ2n) is 8.32. The highest BCUT2D eigenvalue weighted by atomic mass is 16.5. The minimum Gasteiger partial charge on any atom is -0.380 e. The summed E-state index contributed by atoms with van der Waals surface area (Å²) in [5.41, 5.74) is 12.8. The molecule has 0 radical (unpaired) electrons. The van der Waals surface area contributed by atoms with E-state index in [2.05, 4.69) is 16.3 Å². The minimum absolute atomic E-state index is 0.231. The van der Waals surface area contributed by atoms with Gasteiger partial charge in [0.15, 0.2) is 0 Å². The molecule has 29 heavy (non-hydrogen) atoms. The number of nitrogens with one attached hydrogen (secondary N) is 1. The first-order chi connectivity index (χ1) is 14.1. The van der Waals surface area contributed by atoms with Crippen molar-refractivity contribution in [2.75, 3.05) is 13.2 Å². The van der Waals surface area contributed by atoms with Gasteiger partial charge in [-0.25, -0.2) is 4.98 Å². The lowest BCUT2D eigenvalue weighted by molar-refractivity contribution is -0.119. The van der Waals surface area contributed by atoms with Crippen LogP contribution in [0.1, 0.15) is 27.9 Å². The lowest BCUT2D eigenvalue weighted by atomic mass is 9.69. The third-order valence-corrected chi connectivity index (χ3v) is 6.50. The molecule has 1 spiro atoms. The van der Waals surface area contributed by atoms with Gasteiger partial charge >= 0.3 is 0 Å². The molecule has 1 saturated heterocycles. The summed E-state index contributed by atoms with van der Waals surface area (Å²) in [4.78, 5) is 16.6. The number of nitrogens with zero attached hydrogens (tertiary/aromatic N) is 2. The summed E-state index contributed by atoms with van der Waals surface area (Å²) in [6.07, 6.45) is 5.01. The van der Waals surface area contributed by atoms with Crippen molar-refractivity contribution < 1.29 is 9.53 Å².